The first-order valence-corrected chi connectivity index (χ1v) is 6.16. The molecule has 19 heavy (non-hydrogen) atoms. The van der Waals surface area contributed by atoms with Crippen LogP contribution in [-0.4, -0.2) is 28.1 Å². The number of carboxylic acids is 1. The number of anilines is 1. The van der Waals surface area contributed by atoms with Gasteiger partial charge in [-0.05, 0) is 24.5 Å². The Morgan fingerprint density at radius 1 is 1.47 bits per heavy atom. The molecule has 1 rings (SSSR count). The number of aromatic nitrogens is 1. The SMILES string of the molecule is CCC(C)C(NC(=O)Nc1cnccc1C)C(=O)O. The fourth-order valence-corrected chi connectivity index (χ4v) is 1.58. The molecule has 0 aliphatic carbocycles. The third kappa shape index (κ3) is 4.24. The first-order chi connectivity index (χ1) is 8.95. The molecule has 0 aliphatic rings. The van der Waals surface area contributed by atoms with E-state index in [2.05, 4.69) is 15.6 Å². The molecular formula is C13H19N3O3. The van der Waals surface area contributed by atoms with Crippen molar-refractivity contribution in [2.45, 2.75) is 33.2 Å². The van der Waals surface area contributed by atoms with E-state index in [4.69, 9.17) is 5.11 Å². The summed E-state index contributed by atoms with van der Waals surface area (Å²) >= 11 is 0. The van der Waals surface area contributed by atoms with Gasteiger partial charge in [-0.1, -0.05) is 20.3 Å². The number of carbonyl (C=O) groups excluding carboxylic acids is 1. The molecule has 1 heterocycles. The maximum Gasteiger partial charge on any atom is 0.326 e. The van der Waals surface area contributed by atoms with Crippen LogP contribution in [0.15, 0.2) is 18.5 Å². The second-order valence-electron chi connectivity index (χ2n) is 4.49. The van der Waals surface area contributed by atoms with Crippen molar-refractivity contribution in [1.29, 1.82) is 0 Å². The summed E-state index contributed by atoms with van der Waals surface area (Å²) in [7, 11) is 0. The van der Waals surface area contributed by atoms with Crippen molar-refractivity contribution in [3.05, 3.63) is 24.0 Å². The Kier molecular flexibility index (Phi) is 5.29. The van der Waals surface area contributed by atoms with Gasteiger partial charge in [-0.15, -0.1) is 0 Å². The van der Waals surface area contributed by atoms with Crippen molar-refractivity contribution in [2.24, 2.45) is 5.92 Å². The van der Waals surface area contributed by atoms with Crippen LogP contribution in [0.3, 0.4) is 0 Å². The third-order valence-corrected chi connectivity index (χ3v) is 3.05. The number of pyridine rings is 1. The maximum atomic E-state index is 11.8. The number of carboxylic acid groups (broad SMARTS) is 1. The normalized spacial score (nSPS) is 13.4. The van der Waals surface area contributed by atoms with Gasteiger partial charge in [0.15, 0.2) is 0 Å². The first kappa shape index (κ1) is 14.9. The molecule has 2 amide bonds. The number of carbonyl (C=O) groups is 2. The number of urea groups is 1. The van der Waals surface area contributed by atoms with E-state index in [0.29, 0.717) is 12.1 Å². The number of aryl methyl sites for hydroxylation is 1. The molecule has 0 aliphatic heterocycles. The van der Waals surface area contributed by atoms with E-state index in [0.717, 1.165) is 5.56 Å². The molecule has 1 aromatic rings. The summed E-state index contributed by atoms with van der Waals surface area (Å²) in [6, 6.07) is 0.324. The van der Waals surface area contributed by atoms with Crippen LogP contribution in [0.25, 0.3) is 0 Å². The van der Waals surface area contributed by atoms with Gasteiger partial charge < -0.3 is 15.7 Å². The number of rotatable bonds is 5. The Morgan fingerprint density at radius 2 is 2.16 bits per heavy atom. The van der Waals surface area contributed by atoms with Crippen molar-refractivity contribution in [1.82, 2.24) is 10.3 Å². The predicted molar refractivity (Wildman–Crippen MR) is 72.0 cm³/mol. The molecule has 104 valence electrons. The van der Waals surface area contributed by atoms with Crippen LogP contribution in [0.1, 0.15) is 25.8 Å². The summed E-state index contributed by atoms with van der Waals surface area (Å²) in [5.74, 6) is -1.18. The van der Waals surface area contributed by atoms with Crippen LogP contribution in [-0.2, 0) is 4.79 Å². The number of nitrogens with one attached hydrogen (secondary N) is 2. The van der Waals surface area contributed by atoms with Crippen LogP contribution >= 0.6 is 0 Å². The molecule has 0 fully saturated rings. The average Bonchev–Trinajstić information content (AvgIpc) is 2.37. The highest BCUT2D eigenvalue weighted by molar-refractivity contribution is 5.92. The van der Waals surface area contributed by atoms with E-state index in [-0.39, 0.29) is 5.92 Å². The monoisotopic (exact) mass is 265 g/mol. The van der Waals surface area contributed by atoms with E-state index < -0.39 is 18.0 Å². The van der Waals surface area contributed by atoms with E-state index in [1.54, 1.807) is 19.2 Å². The third-order valence-electron chi connectivity index (χ3n) is 3.05. The zero-order valence-electron chi connectivity index (χ0n) is 11.3. The molecule has 0 bridgehead atoms. The second kappa shape index (κ2) is 6.72. The Morgan fingerprint density at radius 3 is 2.68 bits per heavy atom. The zero-order chi connectivity index (χ0) is 14.4. The largest absolute Gasteiger partial charge is 0.480 e. The van der Waals surface area contributed by atoms with E-state index in [1.165, 1.54) is 6.20 Å². The van der Waals surface area contributed by atoms with E-state index in [9.17, 15) is 9.59 Å². The van der Waals surface area contributed by atoms with Gasteiger partial charge in [0.2, 0.25) is 0 Å². The predicted octanol–water partition coefficient (Wildman–Crippen LogP) is 2.01. The van der Waals surface area contributed by atoms with Gasteiger partial charge in [0.05, 0.1) is 11.9 Å². The minimum Gasteiger partial charge on any atom is -0.480 e. The Hall–Kier alpha value is -2.11. The summed E-state index contributed by atoms with van der Waals surface area (Å²) < 4.78 is 0. The lowest BCUT2D eigenvalue weighted by Gasteiger charge is -2.20. The first-order valence-electron chi connectivity index (χ1n) is 6.16. The van der Waals surface area contributed by atoms with E-state index in [1.807, 2.05) is 13.8 Å². The van der Waals surface area contributed by atoms with Crippen molar-refractivity contribution >= 4 is 17.7 Å². The molecule has 0 radical (unpaired) electrons. The number of hydrogen-bond acceptors (Lipinski definition) is 3. The van der Waals surface area contributed by atoms with Gasteiger partial charge in [0, 0.05) is 6.20 Å². The lowest BCUT2D eigenvalue weighted by molar-refractivity contribution is -0.140. The van der Waals surface area contributed by atoms with Gasteiger partial charge in [0.1, 0.15) is 6.04 Å². The van der Waals surface area contributed by atoms with Crippen LogP contribution < -0.4 is 10.6 Å². The van der Waals surface area contributed by atoms with Crippen LogP contribution in [0.5, 0.6) is 0 Å². The number of nitrogens with zero attached hydrogens (tertiary/aromatic N) is 1. The van der Waals surface area contributed by atoms with Crippen molar-refractivity contribution in [3.63, 3.8) is 0 Å². The average molecular weight is 265 g/mol. The number of amides is 2. The van der Waals surface area contributed by atoms with Crippen LogP contribution in [0.4, 0.5) is 10.5 Å². The van der Waals surface area contributed by atoms with E-state index >= 15 is 0 Å². The molecule has 0 saturated carbocycles. The van der Waals surface area contributed by atoms with Gasteiger partial charge >= 0.3 is 12.0 Å². The lowest BCUT2D eigenvalue weighted by Crippen LogP contribution is -2.46. The molecular weight excluding hydrogens is 246 g/mol. The van der Waals surface area contributed by atoms with Gasteiger partial charge in [-0.3, -0.25) is 4.98 Å². The maximum absolute atomic E-state index is 11.8. The summed E-state index contributed by atoms with van der Waals surface area (Å²) in [4.78, 5) is 26.8. The topological polar surface area (TPSA) is 91.3 Å². The van der Waals surface area contributed by atoms with Crippen molar-refractivity contribution < 1.29 is 14.7 Å². The molecule has 2 unspecified atom stereocenters. The Bertz CT molecular complexity index is 462. The highest BCUT2D eigenvalue weighted by atomic mass is 16.4. The number of aliphatic carboxylic acids is 1. The molecule has 0 saturated heterocycles. The van der Waals surface area contributed by atoms with Crippen LogP contribution in [0, 0.1) is 12.8 Å². The summed E-state index contributed by atoms with van der Waals surface area (Å²) in [6.45, 7) is 5.50. The highest BCUT2D eigenvalue weighted by Gasteiger charge is 2.25. The van der Waals surface area contributed by atoms with Gasteiger partial charge in [-0.2, -0.15) is 0 Å². The summed E-state index contributed by atoms with van der Waals surface area (Å²) in [6.07, 6.45) is 3.81. The standard InChI is InChI=1S/C13H19N3O3/c1-4-8(2)11(12(17)18)16-13(19)15-10-7-14-6-5-9(10)3/h5-8,11H,4H2,1-3H3,(H,17,18)(H2,15,16,19). The summed E-state index contributed by atoms with van der Waals surface area (Å²) in [5.41, 5.74) is 1.42. The lowest BCUT2D eigenvalue weighted by atomic mass is 9.99. The quantitative estimate of drug-likeness (QED) is 0.759. The molecule has 2 atom stereocenters. The molecule has 6 nitrogen and oxygen atoms in total. The molecule has 0 spiro atoms. The fraction of sp³-hybridized carbons (Fsp3) is 0.462. The second-order valence-corrected chi connectivity index (χ2v) is 4.49. The Labute approximate surface area is 112 Å². The van der Waals surface area contributed by atoms with Crippen LogP contribution in [0.2, 0.25) is 0 Å². The smallest absolute Gasteiger partial charge is 0.326 e. The minimum absolute atomic E-state index is 0.141. The molecule has 0 aromatic carbocycles. The molecule has 1 aromatic heterocycles. The fourth-order valence-electron chi connectivity index (χ4n) is 1.58. The highest BCUT2D eigenvalue weighted by Crippen LogP contribution is 2.12. The Balaban J connectivity index is 2.68. The van der Waals surface area contributed by atoms with Crippen molar-refractivity contribution in [2.75, 3.05) is 5.32 Å². The minimum atomic E-state index is -1.03. The van der Waals surface area contributed by atoms with Crippen molar-refractivity contribution in [3.8, 4) is 0 Å². The molecule has 6 heteroatoms. The van der Waals surface area contributed by atoms with Gasteiger partial charge in [-0.25, -0.2) is 9.59 Å². The summed E-state index contributed by atoms with van der Waals surface area (Å²) in [5, 5.41) is 14.2. The molecule has 3 N–H and O–H groups in total. The number of hydrogen-bond donors (Lipinski definition) is 3. The van der Waals surface area contributed by atoms with Gasteiger partial charge in [0.25, 0.3) is 0 Å². The zero-order valence-corrected chi connectivity index (χ0v) is 11.3.